The second-order valence-corrected chi connectivity index (χ2v) is 9.54. The van der Waals surface area contributed by atoms with Gasteiger partial charge in [-0.25, -0.2) is 4.79 Å². The largest absolute Gasteiger partial charge is 0.487 e. The summed E-state index contributed by atoms with van der Waals surface area (Å²) in [5, 5.41) is 18.8. The summed E-state index contributed by atoms with van der Waals surface area (Å²) in [5.74, 6) is 0.558. The summed E-state index contributed by atoms with van der Waals surface area (Å²) in [7, 11) is 0. The van der Waals surface area contributed by atoms with Crippen molar-refractivity contribution in [3.63, 3.8) is 0 Å². The van der Waals surface area contributed by atoms with E-state index in [0.29, 0.717) is 18.7 Å². The lowest BCUT2D eigenvalue weighted by Gasteiger charge is -2.37. The van der Waals surface area contributed by atoms with Crippen molar-refractivity contribution in [2.75, 3.05) is 11.9 Å². The molecule has 9 heteroatoms. The van der Waals surface area contributed by atoms with Gasteiger partial charge >= 0.3 is 6.03 Å². The number of carbonyl (C=O) groups is 2. The molecule has 2 aromatic rings. The van der Waals surface area contributed by atoms with Crippen molar-refractivity contribution < 1.29 is 24.2 Å². The predicted molar refractivity (Wildman–Crippen MR) is 129 cm³/mol. The van der Waals surface area contributed by atoms with Gasteiger partial charge in [-0.2, -0.15) is 0 Å². The van der Waals surface area contributed by atoms with Gasteiger partial charge in [0.05, 0.1) is 31.4 Å². The summed E-state index contributed by atoms with van der Waals surface area (Å²) >= 11 is 0. The number of anilines is 1. The quantitative estimate of drug-likeness (QED) is 0.484. The number of aliphatic hydroxyl groups excluding tert-OH is 1. The van der Waals surface area contributed by atoms with Gasteiger partial charge in [0, 0.05) is 29.4 Å². The lowest BCUT2D eigenvalue weighted by Crippen LogP contribution is -2.47. The smallest absolute Gasteiger partial charge is 0.319 e. The normalized spacial score (nSPS) is 25.3. The monoisotopic (exact) mass is 480 g/mol. The summed E-state index contributed by atoms with van der Waals surface area (Å²) < 4.78 is 12.2. The van der Waals surface area contributed by atoms with Gasteiger partial charge in [-0.15, -0.1) is 0 Å². The van der Waals surface area contributed by atoms with Crippen LogP contribution in [0.15, 0.2) is 42.6 Å². The Labute approximate surface area is 204 Å². The van der Waals surface area contributed by atoms with Crippen LogP contribution < -0.4 is 20.7 Å². The Morgan fingerprint density at radius 3 is 2.77 bits per heavy atom. The third-order valence-electron chi connectivity index (χ3n) is 7.05. The molecule has 0 spiro atoms. The van der Waals surface area contributed by atoms with E-state index >= 15 is 0 Å². The Bertz CT molecular complexity index is 1040. The molecule has 3 heterocycles. The molecule has 186 valence electrons. The van der Waals surface area contributed by atoms with E-state index in [9.17, 15) is 14.7 Å². The van der Waals surface area contributed by atoms with E-state index in [0.717, 1.165) is 42.7 Å². The van der Waals surface area contributed by atoms with Gasteiger partial charge in [0.1, 0.15) is 18.0 Å². The number of urea groups is 1. The maximum atomic E-state index is 12.6. The van der Waals surface area contributed by atoms with Gasteiger partial charge in [0.25, 0.3) is 0 Å². The Morgan fingerprint density at radius 1 is 1.14 bits per heavy atom. The Morgan fingerprint density at radius 2 is 2.00 bits per heavy atom. The highest BCUT2D eigenvalue weighted by atomic mass is 16.6. The number of amides is 3. The molecule has 3 aliphatic rings. The third kappa shape index (κ3) is 5.57. The molecule has 2 fully saturated rings. The number of nitrogens with zero attached hydrogens (tertiary/aromatic N) is 1. The fourth-order valence-electron chi connectivity index (χ4n) is 5.36. The van der Waals surface area contributed by atoms with E-state index in [-0.39, 0.29) is 49.1 Å². The number of fused-ring (bicyclic) bond motifs is 3. The van der Waals surface area contributed by atoms with Gasteiger partial charge in [0.15, 0.2) is 0 Å². The van der Waals surface area contributed by atoms with Crippen LogP contribution in [0.5, 0.6) is 5.75 Å². The molecule has 1 saturated heterocycles. The van der Waals surface area contributed by atoms with Gasteiger partial charge in [-0.1, -0.05) is 18.9 Å². The van der Waals surface area contributed by atoms with E-state index in [2.05, 4.69) is 20.9 Å². The van der Waals surface area contributed by atoms with Crippen molar-refractivity contribution >= 4 is 17.6 Å². The van der Waals surface area contributed by atoms with Crippen LogP contribution in [0.25, 0.3) is 0 Å². The first-order chi connectivity index (χ1) is 17.1. The van der Waals surface area contributed by atoms with Crippen LogP contribution in [0.3, 0.4) is 0 Å². The summed E-state index contributed by atoms with van der Waals surface area (Å²) in [4.78, 5) is 29.2. The third-order valence-corrected chi connectivity index (χ3v) is 7.05. The van der Waals surface area contributed by atoms with Gasteiger partial charge in [0.2, 0.25) is 5.91 Å². The van der Waals surface area contributed by atoms with E-state index in [1.807, 2.05) is 36.4 Å². The Balaban J connectivity index is 1.22. The molecule has 1 aromatic carbocycles. The number of aliphatic hydroxyl groups is 1. The van der Waals surface area contributed by atoms with Crippen LogP contribution in [-0.2, 0) is 16.1 Å². The molecule has 35 heavy (non-hydrogen) atoms. The zero-order valence-corrected chi connectivity index (χ0v) is 19.6. The number of benzene rings is 1. The van der Waals surface area contributed by atoms with Crippen LogP contribution in [0.1, 0.15) is 55.7 Å². The van der Waals surface area contributed by atoms with E-state index in [1.165, 1.54) is 0 Å². The minimum Gasteiger partial charge on any atom is -0.487 e. The first-order valence-electron chi connectivity index (χ1n) is 12.4. The van der Waals surface area contributed by atoms with Crippen molar-refractivity contribution in [3.05, 3.63) is 53.9 Å². The lowest BCUT2D eigenvalue weighted by atomic mass is 9.84. The molecule has 5 rings (SSSR count). The fourth-order valence-corrected chi connectivity index (χ4v) is 5.36. The maximum Gasteiger partial charge on any atom is 0.319 e. The first kappa shape index (κ1) is 23.6. The summed E-state index contributed by atoms with van der Waals surface area (Å²) in [6, 6.07) is 11.2. The summed E-state index contributed by atoms with van der Waals surface area (Å²) in [5.41, 5.74) is 2.45. The first-order valence-corrected chi connectivity index (χ1v) is 12.4. The van der Waals surface area contributed by atoms with Crippen molar-refractivity contribution in [3.8, 4) is 5.75 Å². The number of aromatic nitrogens is 1. The molecule has 0 bridgehead atoms. The topological polar surface area (TPSA) is 122 Å². The minimum absolute atomic E-state index is 0.0378. The molecule has 4 atom stereocenters. The molecular weight excluding hydrogens is 448 g/mol. The standard InChI is InChI=1S/C26H32N4O5/c31-15-23-25-21(12-19(34-23)13-24(32)28-14-18-7-3-4-10-27-18)20-11-17(8-9-22(20)35-25)30-26(33)29-16-5-1-2-6-16/h3-4,7-11,16,19,21,23,25,31H,1-2,5-6,12-15H2,(H,28,32)(H2,29,30,33)/t19-,21+,23+,25-/m1/s1. The second-order valence-electron chi connectivity index (χ2n) is 9.54. The Kier molecular flexibility index (Phi) is 7.15. The van der Waals surface area contributed by atoms with E-state index in [4.69, 9.17) is 9.47 Å². The molecule has 9 nitrogen and oxygen atoms in total. The van der Waals surface area contributed by atoms with Crippen LogP contribution in [0, 0.1) is 0 Å². The van der Waals surface area contributed by atoms with Crippen LogP contribution >= 0.6 is 0 Å². The molecule has 1 aliphatic carbocycles. The predicted octanol–water partition coefficient (Wildman–Crippen LogP) is 2.85. The van der Waals surface area contributed by atoms with Crippen LogP contribution in [0.4, 0.5) is 10.5 Å². The van der Waals surface area contributed by atoms with Gasteiger partial charge < -0.3 is 30.5 Å². The number of nitrogens with one attached hydrogen (secondary N) is 3. The molecule has 2 aliphatic heterocycles. The average molecular weight is 481 g/mol. The van der Waals surface area contributed by atoms with Crippen LogP contribution in [0.2, 0.25) is 0 Å². The number of hydrogen-bond acceptors (Lipinski definition) is 6. The zero-order valence-electron chi connectivity index (χ0n) is 19.6. The SMILES string of the molecule is O=C(C[C@H]1C[C@H]2c3cc(NC(=O)NC4CCCC4)ccc3O[C@H]2[C@H](CO)O1)NCc1ccccn1. The number of hydrogen-bond donors (Lipinski definition) is 4. The van der Waals surface area contributed by atoms with Crippen molar-refractivity contribution in [2.45, 2.75) is 75.3 Å². The number of rotatable bonds is 7. The van der Waals surface area contributed by atoms with E-state index in [1.54, 1.807) is 6.20 Å². The highest BCUT2D eigenvalue weighted by molar-refractivity contribution is 5.89. The number of pyridine rings is 1. The second kappa shape index (κ2) is 10.6. The zero-order chi connectivity index (χ0) is 24.2. The Hall–Kier alpha value is -3.17. The molecule has 4 N–H and O–H groups in total. The van der Waals surface area contributed by atoms with Crippen molar-refractivity contribution in [1.29, 1.82) is 0 Å². The lowest BCUT2D eigenvalue weighted by molar-refractivity contribution is -0.142. The highest BCUT2D eigenvalue weighted by Gasteiger charge is 2.46. The number of ether oxygens (including phenoxy) is 2. The van der Waals surface area contributed by atoms with Crippen LogP contribution in [-0.4, -0.2) is 53.0 Å². The number of carbonyl (C=O) groups excluding carboxylic acids is 2. The molecule has 1 saturated carbocycles. The van der Waals surface area contributed by atoms with Gasteiger partial charge in [-0.05, 0) is 49.6 Å². The summed E-state index contributed by atoms with van der Waals surface area (Å²) in [6.45, 7) is 0.155. The minimum atomic E-state index is -0.531. The maximum absolute atomic E-state index is 12.6. The highest BCUT2D eigenvalue weighted by Crippen LogP contribution is 2.47. The molecule has 0 unspecified atom stereocenters. The fraction of sp³-hybridized carbons (Fsp3) is 0.500. The molecular formula is C26H32N4O5. The molecule has 1 aromatic heterocycles. The van der Waals surface area contributed by atoms with E-state index < -0.39 is 6.10 Å². The van der Waals surface area contributed by atoms with Crippen molar-refractivity contribution in [2.24, 2.45) is 0 Å². The molecule has 0 radical (unpaired) electrons. The molecule has 3 amide bonds. The van der Waals surface area contributed by atoms with Gasteiger partial charge in [-0.3, -0.25) is 9.78 Å². The van der Waals surface area contributed by atoms with Crippen molar-refractivity contribution in [1.82, 2.24) is 15.6 Å². The summed E-state index contributed by atoms with van der Waals surface area (Å²) in [6.07, 6.45) is 5.60. The average Bonchev–Trinajstić information content (AvgIpc) is 3.50.